The van der Waals surface area contributed by atoms with Gasteiger partial charge in [-0.3, -0.25) is 4.79 Å². The number of carbonyl (C=O) groups is 1. The Kier molecular flexibility index (Phi) is 5.70. The lowest BCUT2D eigenvalue weighted by atomic mass is 10.1. The highest BCUT2D eigenvalue weighted by molar-refractivity contribution is 6.33. The van der Waals surface area contributed by atoms with Crippen LogP contribution in [0.25, 0.3) is 21.9 Å². The highest BCUT2D eigenvalue weighted by Crippen LogP contribution is 2.31. The van der Waals surface area contributed by atoms with Crippen molar-refractivity contribution in [3.05, 3.63) is 74.2 Å². The van der Waals surface area contributed by atoms with Crippen molar-refractivity contribution >= 4 is 51.0 Å². The van der Waals surface area contributed by atoms with Crippen LogP contribution in [-0.2, 0) is 11.2 Å². The number of fused-ring (bicyclic) bond motifs is 2. The second-order valence-corrected chi connectivity index (χ2v) is 7.76. The van der Waals surface area contributed by atoms with Gasteiger partial charge >= 0.3 is 5.63 Å². The Morgan fingerprint density at radius 3 is 2.83 bits per heavy atom. The number of H-pyrrole nitrogens is 1. The van der Waals surface area contributed by atoms with Crippen molar-refractivity contribution in [2.24, 2.45) is 0 Å². The van der Waals surface area contributed by atoms with E-state index in [0.29, 0.717) is 28.6 Å². The number of ether oxygens (including phenoxy) is 1. The minimum Gasteiger partial charge on any atom is -0.482 e. The van der Waals surface area contributed by atoms with Crippen LogP contribution in [0, 0.1) is 6.92 Å². The molecule has 0 fully saturated rings. The molecule has 0 radical (unpaired) electrons. The fourth-order valence-electron chi connectivity index (χ4n) is 3.32. The minimum atomic E-state index is -0.454. The van der Waals surface area contributed by atoms with Gasteiger partial charge in [0.05, 0.1) is 5.02 Å². The van der Waals surface area contributed by atoms with E-state index in [1.807, 2.05) is 24.4 Å². The summed E-state index contributed by atoms with van der Waals surface area (Å²) in [6, 6.07) is 10.2. The Labute approximate surface area is 181 Å². The summed E-state index contributed by atoms with van der Waals surface area (Å²) in [4.78, 5) is 26.9. The van der Waals surface area contributed by atoms with Crippen LogP contribution in [0.2, 0.25) is 10.0 Å². The first-order valence-corrected chi connectivity index (χ1v) is 10.1. The zero-order valence-corrected chi connectivity index (χ0v) is 17.6. The standard InChI is InChI=1S/C22H18Cl2N2O4/c1-12-6-22(28)30-19-9-20(17(24)8-15(12)19)29-11-21(27)25-5-4-13-10-26-18-3-2-14(23)7-16(13)18/h2-3,6-10,26H,4-5,11H2,1H3,(H,25,27). The van der Waals surface area contributed by atoms with E-state index >= 15 is 0 Å². The molecule has 2 aromatic heterocycles. The maximum atomic E-state index is 12.2. The Hall–Kier alpha value is -2.96. The third-order valence-electron chi connectivity index (χ3n) is 4.81. The van der Waals surface area contributed by atoms with Gasteiger partial charge in [0.15, 0.2) is 6.61 Å². The number of halogens is 2. The first-order valence-electron chi connectivity index (χ1n) is 9.30. The number of aryl methyl sites for hydroxylation is 1. The van der Waals surface area contributed by atoms with Crippen molar-refractivity contribution < 1.29 is 13.9 Å². The van der Waals surface area contributed by atoms with E-state index in [9.17, 15) is 9.59 Å². The highest BCUT2D eigenvalue weighted by atomic mass is 35.5. The van der Waals surface area contributed by atoms with E-state index in [1.54, 1.807) is 13.0 Å². The molecule has 0 aliphatic rings. The van der Waals surface area contributed by atoms with E-state index in [2.05, 4.69) is 10.3 Å². The molecule has 1 amide bonds. The Morgan fingerprint density at radius 1 is 1.17 bits per heavy atom. The number of carbonyl (C=O) groups excluding carboxylic acids is 1. The van der Waals surface area contributed by atoms with Gasteiger partial charge in [-0.05, 0) is 48.7 Å². The number of aromatic amines is 1. The lowest BCUT2D eigenvalue weighted by Gasteiger charge is -2.10. The van der Waals surface area contributed by atoms with Gasteiger partial charge < -0.3 is 19.5 Å². The largest absolute Gasteiger partial charge is 0.482 e. The Balaban J connectivity index is 1.36. The zero-order valence-electron chi connectivity index (χ0n) is 16.1. The third-order valence-corrected chi connectivity index (χ3v) is 5.34. The summed E-state index contributed by atoms with van der Waals surface area (Å²) in [6.07, 6.45) is 2.56. The average molecular weight is 445 g/mol. The average Bonchev–Trinajstić information content (AvgIpc) is 3.09. The predicted octanol–water partition coefficient (Wildman–Crippen LogP) is 4.63. The highest BCUT2D eigenvalue weighted by Gasteiger charge is 2.11. The van der Waals surface area contributed by atoms with Crippen molar-refractivity contribution in [2.75, 3.05) is 13.2 Å². The number of nitrogens with one attached hydrogen (secondary N) is 2. The minimum absolute atomic E-state index is 0.207. The number of hydrogen-bond donors (Lipinski definition) is 2. The molecule has 0 unspecified atom stereocenters. The van der Waals surface area contributed by atoms with Gasteiger partial charge in [-0.25, -0.2) is 4.79 Å². The molecule has 0 spiro atoms. The molecule has 0 aliphatic heterocycles. The maximum absolute atomic E-state index is 12.2. The molecule has 0 bridgehead atoms. The molecule has 0 saturated heterocycles. The van der Waals surface area contributed by atoms with Crippen LogP contribution in [0.4, 0.5) is 0 Å². The molecule has 154 valence electrons. The SMILES string of the molecule is Cc1cc(=O)oc2cc(OCC(=O)NCCc3c[nH]c4ccc(Cl)cc34)c(Cl)cc12. The summed E-state index contributed by atoms with van der Waals surface area (Å²) >= 11 is 12.3. The first-order chi connectivity index (χ1) is 14.4. The van der Waals surface area contributed by atoms with Crippen LogP contribution in [-0.4, -0.2) is 24.0 Å². The van der Waals surface area contributed by atoms with Gasteiger partial charge in [-0.1, -0.05) is 23.2 Å². The topological polar surface area (TPSA) is 84.3 Å². The number of aromatic nitrogens is 1. The van der Waals surface area contributed by atoms with Gasteiger partial charge in [-0.15, -0.1) is 0 Å². The van der Waals surface area contributed by atoms with Crippen LogP contribution in [0.15, 0.2) is 51.8 Å². The Bertz CT molecular complexity index is 1310. The van der Waals surface area contributed by atoms with Crippen molar-refractivity contribution in [3.8, 4) is 5.75 Å². The second-order valence-electron chi connectivity index (χ2n) is 6.92. The predicted molar refractivity (Wildman–Crippen MR) is 118 cm³/mol. The van der Waals surface area contributed by atoms with Crippen molar-refractivity contribution in [2.45, 2.75) is 13.3 Å². The van der Waals surface area contributed by atoms with E-state index in [4.69, 9.17) is 32.4 Å². The lowest BCUT2D eigenvalue weighted by Crippen LogP contribution is -2.30. The molecule has 4 aromatic rings. The molecule has 8 heteroatoms. The summed E-state index contributed by atoms with van der Waals surface area (Å²) in [7, 11) is 0. The van der Waals surface area contributed by atoms with Crippen LogP contribution >= 0.6 is 23.2 Å². The second kappa shape index (κ2) is 8.42. The molecule has 2 aromatic carbocycles. The molecule has 2 heterocycles. The van der Waals surface area contributed by atoms with Crippen molar-refractivity contribution in [3.63, 3.8) is 0 Å². The van der Waals surface area contributed by atoms with Crippen molar-refractivity contribution in [1.82, 2.24) is 10.3 Å². The fourth-order valence-corrected chi connectivity index (χ4v) is 3.71. The van der Waals surface area contributed by atoms with Crippen molar-refractivity contribution in [1.29, 1.82) is 0 Å². The summed E-state index contributed by atoms with van der Waals surface area (Å²) in [5.74, 6) is -0.00549. The smallest absolute Gasteiger partial charge is 0.336 e. The molecular formula is C22H18Cl2N2O4. The zero-order chi connectivity index (χ0) is 21.3. The maximum Gasteiger partial charge on any atom is 0.336 e. The molecule has 2 N–H and O–H groups in total. The number of benzene rings is 2. The Morgan fingerprint density at radius 2 is 2.00 bits per heavy atom. The van der Waals surface area contributed by atoms with Crippen LogP contribution < -0.4 is 15.7 Å². The molecule has 30 heavy (non-hydrogen) atoms. The van der Waals surface area contributed by atoms with Gasteiger partial charge in [0.25, 0.3) is 5.91 Å². The van der Waals surface area contributed by atoms with E-state index in [-0.39, 0.29) is 18.3 Å². The van der Waals surface area contributed by atoms with Crippen LogP contribution in [0.5, 0.6) is 5.75 Å². The number of rotatable bonds is 6. The van der Waals surface area contributed by atoms with Gasteiger partial charge in [-0.2, -0.15) is 0 Å². The number of amides is 1. The lowest BCUT2D eigenvalue weighted by molar-refractivity contribution is -0.123. The molecule has 6 nitrogen and oxygen atoms in total. The summed E-state index contributed by atoms with van der Waals surface area (Å²) in [6.45, 7) is 2.04. The first kappa shape index (κ1) is 20.3. The summed E-state index contributed by atoms with van der Waals surface area (Å²) in [5.41, 5.74) is 2.72. The molecule has 4 rings (SSSR count). The molecular weight excluding hydrogens is 427 g/mol. The van der Waals surface area contributed by atoms with E-state index in [1.165, 1.54) is 12.1 Å². The quantitative estimate of drug-likeness (QED) is 0.424. The molecule has 0 saturated carbocycles. The third kappa shape index (κ3) is 4.30. The van der Waals surface area contributed by atoms with E-state index in [0.717, 1.165) is 27.4 Å². The summed E-state index contributed by atoms with van der Waals surface area (Å²) < 4.78 is 10.7. The molecule has 0 aliphatic carbocycles. The molecule has 0 atom stereocenters. The monoisotopic (exact) mass is 444 g/mol. The van der Waals surface area contributed by atoms with Gasteiger partial charge in [0, 0.05) is 46.2 Å². The summed E-state index contributed by atoms with van der Waals surface area (Å²) in [5, 5.41) is 5.57. The van der Waals surface area contributed by atoms with Crippen LogP contribution in [0.1, 0.15) is 11.1 Å². The fraction of sp³-hybridized carbons (Fsp3) is 0.182. The van der Waals surface area contributed by atoms with Gasteiger partial charge in [0.2, 0.25) is 0 Å². The number of hydrogen-bond acceptors (Lipinski definition) is 4. The van der Waals surface area contributed by atoms with Gasteiger partial charge in [0.1, 0.15) is 11.3 Å². The normalized spacial score (nSPS) is 11.2. The van der Waals surface area contributed by atoms with Crippen LogP contribution in [0.3, 0.4) is 0 Å². The van der Waals surface area contributed by atoms with E-state index < -0.39 is 5.63 Å².